The topological polar surface area (TPSA) is 37.3 Å². The molecule has 1 aromatic heterocycles. The van der Waals surface area contributed by atoms with Gasteiger partial charge in [-0.05, 0) is 11.4 Å². The number of hydrogen-bond donors (Lipinski definition) is 1. The Labute approximate surface area is 77.8 Å². The summed E-state index contributed by atoms with van der Waals surface area (Å²) >= 11 is 1.18. The van der Waals surface area contributed by atoms with Crippen molar-refractivity contribution in [2.24, 2.45) is 0 Å². The molecule has 1 atom stereocenters. The van der Waals surface area contributed by atoms with E-state index in [4.69, 9.17) is 5.11 Å². The summed E-state index contributed by atoms with van der Waals surface area (Å²) in [5.41, 5.74) is 0. The van der Waals surface area contributed by atoms with E-state index in [0.29, 0.717) is 4.88 Å². The molecule has 0 bridgehead atoms. The molecule has 72 valence electrons. The summed E-state index contributed by atoms with van der Waals surface area (Å²) < 4.78 is 23.7. The van der Waals surface area contributed by atoms with Crippen molar-refractivity contribution in [1.82, 2.24) is 0 Å². The highest BCUT2D eigenvalue weighted by atomic mass is 32.1. The van der Waals surface area contributed by atoms with Crippen LogP contribution in [0.5, 0.6) is 0 Å². The molecule has 1 heterocycles. The van der Waals surface area contributed by atoms with E-state index in [9.17, 15) is 13.6 Å². The van der Waals surface area contributed by atoms with Gasteiger partial charge >= 0.3 is 0 Å². The first-order chi connectivity index (χ1) is 6.11. The summed E-state index contributed by atoms with van der Waals surface area (Å²) in [4.78, 5) is 11.5. The first-order valence-electron chi connectivity index (χ1n) is 3.64. The third kappa shape index (κ3) is 2.86. The summed E-state index contributed by atoms with van der Waals surface area (Å²) in [7, 11) is 0. The monoisotopic (exact) mass is 206 g/mol. The first kappa shape index (κ1) is 10.3. The van der Waals surface area contributed by atoms with Gasteiger partial charge in [-0.2, -0.15) is 0 Å². The fourth-order valence-electron chi connectivity index (χ4n) is 0.817. The van der Waals surface area contributed by atoms with Gasteiger partial charge in [0.1, 0.15) is 6.10 Å². The predicted octanol–water partition coefficient (Wildman–Crippen LogP) is 1.95. The van der Waals surface area contributed by atoms with Crippen molar-refractivity contribution in [3.63, 3.8) is 0 Å². The molecule has 0 aliphatic carbocycles. The minimum atomic E-state index is -2.86. The second-order valence-electron chi connectivity index (χ2n) is 2.51. The van der Waals surface area contributed by atoms with E-state index in [1.54, 1.807) is 17.5 Å². The normalized spacial score (nSPS) is 13.2. The summed E-state index contributed by atoms with van der Waals surface area (Å²) in [6, 6.07) is 3.21. The summed E-state index contributed by atoms with van der Waals surface area (Å²) in [5, 5.41) is 10.4. The van der Waals surface area contributed by atoms with Crippen LogP contribution in [-0.2, 0) is 0 Å². The average Bonchev–Trinajstić information content (AvgIpc) is 2.55. The van der Waals surface area contributed by atoms with Crippen LogP contribution in [0.25, 0.3) is 0 Å². The zero-order valence-corrected chi connectivity index (χ0v) is 7.43. The van der Waals surface area contributed by atoms with Crippen molar-refractivity contribution in [2.75, 3.05) is 0 Å². The molecule has 1 N–H and O–H groups in total. The summed E-state index contributed by atoms with van der Waals surface area (Å²) in [6.45, 7) is 0. The third-order valence-corrected chi connectivity index (χ3v) is 2.39. The maximum absolute atomic E-state index is 11.8. The van der Waals surface area contributed by atoms with Gasteiger partial charge in [-0.15, -0.1) is 11.3 Å². The maximum atomic E-state index is 11.8. The number of thiophene rings is 1. The van der Waals surface area contributed by atoms with Crippen LogP contribution in [-0.4, -0.2) is 23.4 Å². The number of aliphatic hydroxyl groups excluding tert-OH is 1. The molecule has 1 unspecified atom stereocenters. The summed E-state index contributed by atoms with van der Waals surface area (Å²) in [5.74, 6) is -0.442. The van der Waals surface area contributed by atoms with E-state index >= 15 is 0 Å². The van der Waals surface area contributed by atoms with Crippen molar-refractivity contribution < 1.29 is 18.7 Å². The molecule has 2 nitrogen and oxygen atoms in total. The lowest BCUT2D eigenvalue weighted by molar-refractivity contribution is -0.00601. The highest BCUT2D eigenvalue weighted by Gasteiger charge is 2.21. The molecule has 0 aliphatic rings. The lowest BCUT2D eigenvalue weighted by atomic mass is 10.1. The van der Waals surface area contributed by atoms with Crippen molar-refractivity contribution in [3.05, 3.63) is 22.4 Å². The smallest absolute Gasteiger partial charge is 0.264 e. The van der Waals surface area contributed by atoms with Crippen molar-refractivity contribution >= 4 is 17.1 Å². The molecule has 0 fully saturated rings. The maximum Gasteiger partial charge on any atom is 0.264 e. The van der Waals surface area contributed by atoms with Gasteiger partial charge in [0.2, 0.25) is 0 Å². The highest BCUT2D eigenvalue weighted by molar-refractivity contribution is 7.12. The Balaban J connectivity index is 2.52. The number of carbonyl (C=O) groups excluding carboxylic acids is 1. The average molecular weight is 206 g/mol. The van der Waals surface area contributed by atoms with Gasteiger partial charge in [-0.25, -0.2) is 8.78 Å². The van der Waals surface area contributed by atoms with E-state index in [1.807, 2.05) is 0 Å². The van der Waals surface area contributed by atoms with Crippen molar-refractivity contribution in [1.29, 1.82) is 0 Å². The van der Waals surface area contributed by atoms with E-state index in [2.05, 4.69) is 0 Å². The Morgan fingerprint density at radius 3 is 2.77 bits per heavy atom. The van der Waals surface area contributed by atoms with Gasteiger partial charge in [-0.3, -0.25) is 4.79 Å². The van der Waals surface area contributed by atoms with Gasteiger partial charge in [0.25, 0.3) is 6.43 Å². The number of ketones is 1. The quantitative estimate of drug-likeness (QED) is 0.764. The third-order valence-electron chi connectivity index (χ3n) is 1.48. The minimum absolute atomic E-state index is 0.403. The number of aliphatic hydroxyl groups is 1. The zero-order chi connectivity index (χ0) is 9.84. The Morgan fingerprint density at radius 1 is 1.62 bits per heavy atom. The largest absolute Gasteiger partial charge is 0.387 e. The molecule has 1 rings (SSSR count). The summed E-state index contributed by atoms with van der Waals surface area (Å²) in [6.07, 6.45) is -5.23. The molecular weight excluding hydrogens is 198 g/mol. The van der Waals surface area contributed by atoms with Crippen LogP contribution < -0.4 is 0 Å². The van der Waals surface area contributed by atoms with Crippen molar-refractivity contribution in [2.45, 2.75) is 19.0 Å². The predicted molar refractivity (Wildman–Crippen MR) is 45.3 cm³/mol. The number of rotatable bonds is 4. The van der Waals surface area contributed by atoms with Crippen LogP contribution in [0.15, 0.2) is 17.5 Å². The fraction of sp³-hybridized carbons (Fsp3) is 0.375. The van der Waals surface area contributed by atoms with Gasteiger partial charge < -0.3 is 5.11 Å². The second kappa shape index (κ2) is 4.43. The number of halogens is 2. The van der Waals surface area contributed by atoms with Gasteiger partial charge in [0.05, 0.1) is 4.88 Å². The lowest BCUT2D eigenvalue weighted by Crippen LogP contribution is -2.21. The molecule has 0 radical (unpaired) electrons. The standard InChI is InChI=1S/C8H8F2O2S/c9-8(10)6(12)4-5(11)7-2-1-3-13-7/h1-3,6,8,12H,4H2. The van der Waals surface area contributed by atoms with E-state index in [-0.39, 0.29) is 0 Å². The Hall–Kier alpha value is -0.810. The van der Waals surface area contributed by atoms with Crippen LogP contribution in [0.4, 0.5) is 8.78 Å². The fourth-order valence-corrected chi connectivity index (χ4v) is 1.49. The molecule has 13 heavy (non-hydrogen) atoms. The number of carbonyl (C=O) groups is 1. The van der Waals surface area contributed by atoms with Crippen LogP contribution >= 0.6 is 11.3 Å². The number of alkyl halides is 2. The van der Waals surface area contributed by atoms with Crippen LogP contribution in [0.1, 0.15) is 16.1 Å². The zero-order valence-electron chi connectivity index (χ0n) is 6.61. The van der Waals surface area contributed by atoms with Gasteiger partial charge in [-0.1, -0.05) is 6.07 Å². The molecular formula is C8H8F2O2S. The number of Topliss-reactive ketones (excluding diaryl/α,β-unsaturated/α-hetero) is 1. The first-order valence-corrected chi connectivity index (χ1v) is 4.52. The second-order valence-corrected chi connectivity index (χ2v) is 3.45. The highest BCUT2D eigenvalue weighted by Crippen LogP contribution is 2.14. The van der Waals surface area contributed by atoms with Gasteiger partial charge in [0.15, 0.2) is 5.78 Å². The molecule has 0 spiro atoms. The minimum Gasteiger partial charge on any atom is -0.387 e. The van der Waals surface area contributed by atoms with E-state index in [1.165, 1.54) is 11.3 Å². The van der Waals surface area contributed by atoms with Gasteiger partial charge in [0, 0.05) is 6.42 Å². The van der Waals surface area contributed by atoms with Crippen LogP contribution in [0, 0.1) is 0 Å². The molecule has 0 aliphatic heterocycles. The van der Waals surface area contributed by atoms with Crippen LogP contribution in [0.3, 0.4) is 0 Å². The Kier molecular flexibility index (Phi) is 3.50. The number of hydrogen-bond acceptors (Lipinski definition) is 3. The Morgan fingerprint density at radius 2 is 2.31 bits per heavy atom. The molecule has 5 heteroatoms. The molecule has 0 aromatic carbocycles. The Bertz CT molecular complexity index is 272. The molecule has 0 saturated carbocycles. The SMILES string of the molecule is O=C(CC(O)C(F)F)c1cccs1. The molecule has 0 saturated heterocycles. The van der Waals surface area contributed by atoms with E-state index in [0.717, 1.165) is 0 Å². The van der Waals surface area contributed by atoms with Crippen molar-refractivity contribution in [3.8, 4) is 0 Å². The lowest BCUT2D eigenvalue weighted by Gasteiger charge is -2.06. The van der Waals surface area contributed by atoms with E-state index < -0.39 is 24.7 Å². The molecule has 1 aromatic rings. The molecule has 0 amide bonds. The van der Waals surface area contributed by atoms with Crippen LogP contribution in [0.2, 0.25) is 0 Å².